The van der Waals surface area contributed by atoms with Crippen molar-refractivity contribution in [3.8, 4) is 11.1 Å². The number of rotatable bonds is 3. The van der Waals surface area contributed by atoms with E-state index in [1.54, 1.807) is 0 Å². The van der Waals surface area contributed by atoms with Gasteiger partial charge in [-0.15, -0.1) is 0 Å². The van der Waals surface area contributed by atoms with Crippen LogP contribution in [0.4, 0.5) is 5.69 Å². The fourth-order valence-corrected chi connectivity index (χ4v) is 8.93. The summed E-state index contributed by atoms with van der Waals surface area (Å²) in [5.41, 5.74) is 21.6. The van der Waals surface area contributed by atoms with Crippen LogP contribution in [-0.2, 0) is 0 Å². The summed E-state index contributed by atoms with van der Waals surface area (Å²) >= 11 is 0. The van der Waals surface area contributed by atoms with Gasteiger partial charge < -0.3 is 5.73 Å². The van der Waals surface area contributed by atoms with Crippen LogP contribution in [0.25, 0.3) is 49.4 Å². The van der Waals surface area contributed by atoms with Crippen molar-refractivity contribution in [1.29, 1.82) is 0 Å². The van der Waals surface area contributed by atoms with Gasteiger partial charge in [0.1, 0.15) is 0 Å². The third kappa shape index (κ3) is 4.39. The molecular formula is C48H35N. The predicted octanol–water partition coefficient (Wildman–Crippen LogP) is 11.9. The summed E-state index contributed by atoms with van der Waals surface area (Å²) in [5.74, 6) is 0.671. The van der Waals surface area contributed by atoms with E-state index >= 15 is 0 Å². The molecule has 0 radical (unpaired) electrons. The molecule has 0 saturated carbocycles. The van der Waals surface area contributed by atoms with Crippen LogP contribution in [-0.4, -0.2) is 0 Å². The molecule has 6 aromatic rings. The van der Waals surface area contributed by atoms with E-state index in [1.807, 2.05) is 12.1 Å². The largest absolute Gasteiger partial charge is 0.399 e. The first-order valence-corrected chi connectivity index (χ1v) is 17.4. The second kappa shape index (κ2) is 11.1. The molecule has 0 aromatic heterocycles. The summed E-state index contributed by atoms with van der Waals surface area (Å²) in [6.45, 7) is 0. The average molecular weight is 626 g/mol. The molecule has 0 amide bonds. The van der Waals surface area contributed by atoms with Crippen LogP contribution in [0, 0.1) is 11.8 Å². The number of benzene rings is 6. The lowest BCUT2D eigenvalue weighted by Gasteiger charge is -2.39. The summed E-state index contributed by atoms with van der Waals surface area (Å²) in [7, 11) is 0. The van der Waals surface area contributed by atoms with Crippen LogP contribution >= 0.6 is 0 Å². The molecule has 0 bridgehead atoms. The van der Waals surface area contributed by atoms with Crippen molar-refractivity contribution < 1.29 is 0 Å². The smallest absolute Gasteiger partial charge is 0.0314 e. The van der Waals surface area contributed by atoms with Gasteiger partial charge in [0.05, 0.1) is 0 Å². The van der Waals surface area contributed by atoms with E-state index in [-0.39, 0.29) is 11.8 Å². The van der Waals surface area contributed by atoms with Crippen LogP contribution in [0.1, 0.15) is 40.2 Å². The summed E-state index contributed by atoms with van der Waals surface area (Å²) in [5, 5.41) is 5.23. The Morgan fingerprint density at radius 1 is 0.592 bits per heavy atom. The van der Waals surface area contributed by atoms with Crippen molar-refractivity contribution >= 4 is 44.0 Å². The highest BCUT2D eigenvalue weighted by Gasteiger charge is 2.39. The molecule has 0 aliphatic heterocycles. The van der Waals surface area contributed by atoms with Crippen molar-refractivity contribution in [3.63, 3.8) is 0 Å². The van der Waals surface area contributed by atoms with E-state index in [9.17, 15) is 0 Å². The first-order valence-electron chi connectivity index (χ1n) is 17.4. The van der Waals surface area contributed by atoms with Gasteiger partial charge in [0.25, 0.3) is 0 Å². The molecule has 4 aliphatic carbocycles. The van der Waals surface area contributed by atoms with E-state index < -0.39 is 0 Å². The molecule has 0 heterocycles. The van der Waals surface area contributed by atoms with E-state index in [1.165, 1.54) is 82.8 Å². The lowest BCUT2D eigenvalue weighted by atomic mass is 9.63. The topological polar surface area (TPSA) is 26.0 Å². The Hall–Kier alpha value is -5.92. The zero-order valence-corrected chi connectivity index (χ0v) is 27.2. The Balaban J connectivity index is 1.28. The Morgan fingerprint density at radius 2 is 1.35 bits per heavy atom. The van der Waals surface area contributed by atoms with E-state index in [4.69, 9.17) is 5.73 Å². The predicted molar refractivity (Wildman–Crippen MR) is 208 cm³/mol. The van der Waals surface area contributed by atoms with Gasteiger partial charge in [0.2, 0.25) is 0 Å². The molecule has 232 valence electrons. The molecule has 10 rings (SSSR count). The maximum Gasteiger partial charge on any atom is 0.0314 e. The molecule has 3 atom stereocenters. The fraction of sp³-hybridized carbons (Fsp3) is 0.0833. The highest BCUT2D eigenvalue weighted by atomic mass is 14.5. The van der Waals surface area contributed by atoms with E-state index in [0.717, 1.165) is 12.1 Å². The molecule has 3 unspecified atom stereocenters. The molecule has 1 heteroatoms. The zero-order valence-electron chi connectivity index (χ0n) is 27.2. The Labute approximate surface area is 287 Å². The van der Waals surface area contributed by atoms with Crippen LogP contribution in [0.2, 0.25) is 0 Å². The second-order valence-corrected chi connectivity index (χ2v) is 13.8. The molecule has 6 aromatic carbocycles. The van der Waals surface area contributed by atoms with Gasteiger partial charge in [0, 0.05) is 23.4 Å². The van der Waals surface area contributed by atoms with Crippen LogP contribution < -0.4 is 5.73 Å². The minimum absolute atomic E-state index is 0.130. The van der Waals surface area contributed by atoms with Gasteiger partial charge in [-0.1, -0.05) is 146 Å². The standard InChI is InChI=1S/C48H35N/c49-34-24-21-30(22-25-34)31-23-26-43-46(27-31)48(45-29-33-12-2-4-14-36(33)38-16-6-8-18-40(38)45)42-20-10-9-19-41(42)47(43)44-28-32-11-1-3-13-35(32)37-15-5-7-17-39(37)44/h1-10,12-29,32,42,48H,11,49H2. The Kier molecular flexibility index (Phi) is 6.36. The fourth-order valence-electron chi connectivity index (χ4n) is 8.93. The van der Waals surface area contributed by atoms with E-state index in [0.29, 0.717) is 5.92 Å². The summed E-state index contributed by atoms with van der Waals surface area (Å²) in [6.07, 6.45) is 19.8. The molecule has 49 heavy (non-hydrogen) atoms. The lowest BCUT2D eigenvalue weighted by molar-refractivity contribution is 0.654. The molecule has 0 spiro atoms. The number of fused-ring (bicyclic) bond motifs is 8. The SMILES string of the molecule is Nc1ccc(-c2ccc3c(c2)C(c2cc4ccccc4c4ccccc24)C2C=CC=CC2=C3C2=CC3CC=CC=C3c3ccccc32)cc1. The monoisotopic (exact) mass is 625 g/mol. The minimum atomic E-state index is 0.130. The first kappa shape index (κ1) is 28.1. The van der Waals surface area contributed by atoms with Crippen molar-refractivity contribution in [1.82, 2.24) is 0 Å². The molecule has 1 nitrogen and oxygen atoms in total. The van der Waals surface area contributed by atoms with Crippen molar-refractivity contribution in [3.05, 3.63) is 203 Å². The first-order chi connectivity index (χ1) is 24.2. The summed E-state index contributed by atoms with van der Waals surface area (Å²) in [6, 6.07) is 44.8. The van der Waals surface area contributed by atoms with Crippen molar-refractivity contribution in [2.24, 2.45) is 11.8 Å². The maximum absolute atomic E-state index is 6.14. The van der Waals surface area contributed by atoms with Gasteiger partial charge in [-0.05, 0) is 113 Å². The van der Waals surface area contributed by atoms with Crippen LogP contribution in [0.5, 0.6) is 0 Å². The third-order valence-electron chi connectivity index (χ3n) is 11.1. The average Bonchev–Trinajstić information content (AvgIpc) is 3.16. The number of nitrogen functional groups attached to an aromatic ring is 1. The molecule has 2 N–H and O–H groups in total. The third-order valence-corrected chi connectivity index (χ3v) is 11.1. The van der Waals surface area contributed by atoms with Gasteiger partial charge in [0.15, 0.2) is 0 Å². The van der Waals surface area contributed by atoms with Gasteiger partial charge in [-0.2, -0.15) is 0 Å². The second-order valence-electron chi connectivity index (χ2n) is 13.8. The molecule has 4 aliphatic rings. The number of hydrogen-bond donors (Lipinski definition) is 1. The molecule has 0 saturated heterocycles. The summed E-state index contributed by atoms with van der Waals surface area (Å²) in [4.78, 5) is 0. The van der Waals surface area contributed by atoms with Crippen LogP contribution in [0.15, 0.2) is 176 Å². The number of nitrogens with two attached hydrogens (primary N) is 1. The Morgan fingerprint density at radius 3 is 2.22 bits per heavy atom. The molecule has 0 fully saturated rings. The van der Waals surface area contributed by atoms with E-state index in [2.05, 4.69) is 158 Å². The normalized spacial score (nSPS) is 20.4. The van der Waals surface area contributed by atoms with Gasteiger partial charge in [-0.3, -0.25) is 0 Å². The number of anilines is 1. The van der Waals surface area contributed by atoms with Crippen molar-refractivity contribution in [2.45, 2.75) is 12.3 Å². The lowest BCUT2D eigenvalue weighted by Crippen LogP contribution is -2.24. The molecular weight excluding hydrogens is 591 g/mol. The number of hydrogen-bond acceptors (Lipinski definition) is 1. The highest BCUT2D eigenvalue weighted by Crippen LogP contribution is 2.56. The van der Waals surface area contributed by atoms with Crippen LogP contribution in [0.3, 0.4) is 0 Å². The van der Waals surface area contributed by atoms with Gasteiger partial charge in [-0.25, -0.2) is 0 Å². The quantitative estimate of drug-likeness (QED) is 0.154. The zero-order chi connectivity index (χ0) is 32.5. The van der Waals surface area contributed by atoms with Gasteiger partial charge >= 0.3 is 0 Å². The number of allylic oxidation sites excluding steroid dienone is 12. The highest BCUT2D eigenvalue weighted by molar-refractivity contribution is 6.13. The maximum atomic E-state index is 6.14. The summed E-state index contributed by atoms with van der Waals surface area (Å²) < 4.78 is 0. The van der Waals surface area contributed by atoms with Crippen molar-refractivity contribution in [2.75, 3.05) is 5.73 Å². The Bertz CT molecular complexity index is 2530. The minimum Gasteiger partial charge on any atom is -0.399 e.